The minimum absolute atomic E-state index is 0.000137. The molecule has 1 N–H and O–H groups in total. The first-order valence-corrected chi connectivity index (χ1v) is 12.2. The third-order valence-electron chi connectivity index (χ3n) is 5.96. The van der Waals surface area contributed by atoms with Crippen LogP contribution in [-0.2, 0) is 21.0 Å². The highest BCUT2D eigenvalue weighted by atomic mass is 35.5. The van der Waals surface area contributed by atoms with Gasteiger partial charge in [0.05, 0.1) is 11.8 Å². The number of para-hydroxylation sites is 1. The molecule has 2 aromatic carbocycles. The molecule has 1 fully saturated rings. The highest BCUT2D eigenvalue weighted by molar-refractivity contribution is 7.89. The van der Waals surface area contributed by atoms with Gasteiger partial charge in [-0.25, -0.2) is 8.42 Å². The molecule has 4 nitrogen and oxygen atoms in total. The van der Waals surface area contributed by atoms with Gasteiger partial charge in [0.15, 0.2) is 9.84 Å². The van der Waals surface area contributed by atoms with Crippen LogP contribution in [0.2, 0.25) is 5.02 Å². The molecule has 1 heterocycles. The van der Waals surface area contributed by atoms with Crippen molar-refractivity contribution < 1.29 is 8.42 Å². The number of nitrogens with zero attached hydrogens (tertiary/aromatic N) is 1. The lowest BCUT2D eigenvalue weighted by Gasteiger charge is -2.35. The molecule has 1 atom stereocenters. The molecule has 150 valence electrons. The van der Waals surface area contributed by atoms with E-state index in [-0.39, 0.29) is 11.2 Å². The molecule has 0 saturated heterocycles. The molecule has 0 radical (unpaired) electrons. The second-order valence-corrected chi connectivity index (χ2v) is 10.6. The highest BCUT2D eigenvalue weighted by Crippen LogP contribution is 2.55. The lowest BCUT2D eigenvalue weighted by atomic mass is 9.67. The molecular weight excluding hydrogens is 404 g/mol. The number of fused-ring (bicyclic) bond motifs is 1. The smallest absolute Gasteiger partial charge is 0.151 e. The van der Waals surface area contributed by atoms with Gasteiger partial charge in [-0.1, -0.05) is 41.9 Å². The minimum atomic E-state index is -3.15. The number of rotatable bonds is 7. The summed E-state index contributed by atoms with van der Waals surface area (Å²) in [6, 6.07) is 16.1. The van der Waals surface area contributed by atoms with Crippen LogP contribution in [0.25, 0.3) is 10.9 Å². The quantitative estimate of drug-likeness (QED) is 0.552. The molecule has 0 spiro atoms. The first-order valence-electron chi connectivity index (χ1n) is 9.75. The maximum atomic E-state index is 11.9. The summed E-state index contributed by atoms with van der Waals surface area (Å²) in [6.07, 6.45) is 6.67. The number of hydrogen-bond acceptors (Lipinski definition) is 3. The fourth-order valence-electron chi connectivity index (χ4n) is 4.66. The van der Waals surface area contributed by atoms with Crippen LogP contribution < -0.4 is 0 Å². The Morgan fingerprint density at radius 2 is 1.93 bits per heavy atom. The number of H-pyrrole nitrogens is 1. The normalized spacial score (nSPS) is 16.4. The van der Waals surface area contributed by atoms with Crippen molar-refractivity contribution in [3.05, 3.63) is 70.4 Å². The SMILES string of the molecule is CS(=O)(=O)Cc1cccc2c(C(CCC#N)(c3ccc(Cl)cc3)C3CC3)c[nH]c12. The zero-order valence-electron chi connectivity index (χ0n) is 16.3. The molecule has 1 aliphatic rings. The van der Waals surface area contributed by atoms with Crippen LogP contribution in [0.1, 0.15) is 42.4 Å². The maximum Gasteiger partial charge on any atom is 0.151 e. The van der Waals surface area contributed by atoms with E-state index in [9.17, 15) is 13.7 Å². The fourth-order valence-corrected chi connectivity index (χ4v) is 5.59. The van der Waals surface area contributed by atoms with Crippen molar-refractivity contribution in [2.24, 2.45) is 5.92 Å². The van der Waals surface area contributed by atoms with E-state index in [4.69, 9.17) is 11.6 Å². The Bertz CT molecular complexity index is 1190. The van der Waals surface area contributed by atoms with Crippen LogP contribution in [0.3, 0.4) is 0 Å². The van der Waals surface area contributed by atoms with Crippen LogP contribution in [0.5, 0.6) is 0 Å². The van der Waals surface area contributed by atoms with E-state index in [1.807, 2.05) is 36.5 Å². The third-order valence-corrected chi connectivity index (χ3v) is 7.05. The number of nitriles is 1. The zero-order valence-corrected chi connectivity index (χ0v) is 17.9. The van der Waals surface area contributed by atoms with Gasteiger partial charge < -0.3 is 4.98 Å². The molecule has 1 saturated carbocycles. The van der Waals surface area contributed by atoms with Gasteiger partial charge in [0.1, 0.15) is 0 Å². The summed E-state index contributed by atoms with van der Waals surface area (Å²) in [7, 11) is -3.15. The lowest BCUT2D eigenvalue weighted by molar-refractivity contribution is 0.421. The van der Waals surface area contributed by atoms with Crippen molar-refractivity contribution in [1.82, 2.24) is 4.98 Å². The van der Waals surface area contributed by atoms with Gasteiger partial charge in [-0.2, -0.15) is 5.26 Å². The van der Waals surface area contributed by atoms with E-state index < -0.39 is 9.84 Å². The molecule has 1 unspecified atom stereocenters. The second-order valence-electron chi connectivity index (χ2n) is 8.02. The maximum absolute atomic E-state index is 11.9. The highest BCUT2D eigenvalue weighted by Gasteiger charge is 2.48. The van der Waals surface area contributed by atoms with Crippen LogP contribution >= 0.6 is 11.6 Å². The van der Waals surface area contributed by atoms with Gasteiger partial charge in [0.2, 0.25) is 0 Å². The number of halogens is 1. The number of benzene rings is 2. The average molecular weight is 427 g/mol. The van der Waals surface area contributed by atoms with Crippen LogP contribution in [0.15, 0.2) is 48.7 Å². The van der Waals surface area contributed by atoms with E-state index in [1.54, 1.807) is 0 Å². The predicted molar refractivity (Wildman–Crippen MR) is 117 cm³/mol. The standard InChI is InChI=1S/C23H23ClN2O2S/c1-29(27,28)15-16-4-2-5-20-21(14-26-22(16)20)23(12-3-13-25,17-6-7-17)18-8-10-19(24)11-9-18/h2,4-5,8-11,14,17,26H,3,6-7,12,15H2,1H3. The monoisotopic (exact) mass is 426 g/mol. The molecular formula is C23H23ClN2O2S. The van der Waals surface area contributed by atoms with Crippen molar-refractivity contribution in [2.75, 3.05) is 6.26 Å². The van der Waals surface area contributed by atoms with E-state index in [0.29, 0.717) is 17.4 Å². The Morgan fingerprint density at radius 1 is 1.21 bits per heavy atom. The number of sulfone groups is 1. The molecule has 1 aliphatic carbocycles. The van der Waals surface area contributed by atoms with Gasteiger partial charge in [-0.3, -0.25) is 0 Å². The Hall–Kier alpha value is -2.29. The van der Waals surface area contributed by atoms with Crippen molar-refractivity contribution in [3.63, 3.8) is 0 Å². The summed E-state index contributed by atoms with van der Waals surface area (Å²) in [4.78, 5) is 3.35. The lowest BCUT2D eigenvalue weighted by Crippen LogP contribution is -2.30. The fraction of sp³-hybridized carbons (Fsp3) is 0.348. The zero-order chi connectivity index (χ0) is 20.6. The van der Waals surface area contributed by atoms with Crippen molar-refractivity contribution >= 4 is 32.3 Å². The predicted octanol–water partition coefficient (Wildman–Crippen LogP) is 5.37. The number of hydrogen-bond donors (Lipinski definition) is 1. The molecule has 6 heteroatoms. The largest absolute Gasteiger partial charge is 0.361 e. The summed E-state index contributed by atoms with van der Waals surface area (Å²) in [5, 5.41) is 11.1. The van der Waals surface area contributed by atoms with Gasteiger partial charge in [0.25, 0.3) is 0 Å². The van der Waals surface area contributed by atoms with E-state index in [2.05, 4.69) is 23.2 Å². The van der Waals surface area contributed by atoms with Gasteiger partial charge in [-0.05, 0) is 54.0 Å². The Morgan fingerprint density at radius 3 is 2.55 bits per heavy atom. The summed E-state index contributed by atoms with van der Waals surface area (Å²) in [6.45, 7) is 0. The topological polar surface area (TPSA) is 73.7 Å². The van der Waals surface area contributed by atoms with E-state index in [1.165, 1.54) is 6.26 Å². The summed E-state index contributed by atoms with van der Waals surface area (Å²) in [5.41, 5.74) is 3.65. The van der Waals surface area contributed by atoms with E-state index in [0.717, 1.165) is 46.9 Å². The number of aromatic nitrogens is 1. The summed E-state index contributed by atoms with van der Waals surface area (Å²) < 4.78 is 23.8. The van der Waals surface area contributed by atoms with Crippen molar-refractivity contribution in [1.29, 1.82) is 5.26 Å². The molecule has 0 amide bonds. The first-order chi connectivity index (χ1) is 13.8. The Balaban J connectivity index is 1.94. The van der Waals surface area contributed by atoms with E-state index >= 15 is 0 Å². The molecule has 3 aromatic rings. The van der Waals surface area contributed by atoms with Crippen molar-refractivity contribution in [2.45, 2.75) is 36.9 Å². The minimum Gasteiger partial charge on any atom is -0.361 e. The summed E-state index contributed by atoms with van der Waals surface area (Å²) in [5.74, 6) is 0.453. The van der Waals surface area contributed by atoms with Crippen LogP contribution in [-0.4, -0.2) is 19.7 Å². The Kier molecular flexibility index (Phi) is 5.18. The average Bonchev–Trinajstić information content (AvgIpc) is 3.43. The van der Waals surface area contributed by atoms with Crippen molar-refractivity contribution in [3.8, 4) is 6.07 Å². The molecule has 0 bridgehead atoms. The molecule has 29 heavy (non-hydrogen) atoms. The van der Waals surface area contributed by atoms with Crippen LogP contribution in [0.4, 0.5) is 0 Å². The van der Waals surface area contributed by atoms with Gasteiger partial charge in [0, 0.05) is 40.2 Å². The molecule has 0 aliphatic heterocycles. The molecule has 1 aromatic heterocycles. The molecule has 4 rings (SSSR count). The number of nitrogens with one attached hydrogen (secondary N) is 1. The Labute approximate surface area is 176 Å². The third kappa shape index (κ3) is 3.80. The van der Waals surface area contributed by atoms with Gasteiger partial charge in [-0.15, -0.1) is 0 Å². The summed E-state index contributed by atoms with van der Waals surface area (Å²) >= 11 is 6.15. The van der Waals surface area contributed by atoms with Crippen LogP contribution in [0, 0.1) is 17.2 Å². The first kappa shape index (κ1) is 20.0. The van der Waals surface area contributed by atoms with Gasteiger partial charge >= 0.3 is 0 Å². The second kappa shape index (κ2) is 7.51. The number of aromatic amines is 1.